The van der Waals surface area contributed by atoms with Crippen LogP contribution in [0.15, 0.2) is 37.2 Å². The Morgan fingerprint density at radius 1 is 1.68 bits per heavy atom. The molecule has 2 rings (SSSR count). The SMILES string of the molecule is C=CC1CC(=O)N(C(Cc2cccnc2)C(=O)O)C1. The Balaban J connectivity index is 2.15. The van der Waals surface area contributed by atoms with Gasteiger partial charge in [0.1, 0.15) is 6.04 Å². The lowest BCUT2D eigenvalue weighted by Crippen LogP contribution is -2.43. The van der Waals surface area contributed by atoms with E-state index < -0.39 is 12.0 Å². The van der Waals surface area contributed by atoms with E-state index in [0.29, 0.717) is 13.0 Å². The summed E-state index contributed by atoms with van der Waals surface area (Å²) in [5, 5.41) is 9.33. The Labute approximate surface area is 111 Å². The molecule has 19 heavy (non-hydrogen) atoms. The molecule has 0 bridgehead atoms. The standard InChI is InChI=1S/C14H16N2O3/c1-2-10-7-13(17)16(9-10)12(14(18)19)6-11-4-3-5-15-8-11/h2-5,8,10,12H,1,6-7,9H2,(H,18,19). The highest BCUT2D eigenvalue weighted by Crippen LogP contribution is 2.22. The van der Waals surface area contributed by atoms with E-state index in [1.807, 2.05) is 6.07 Å². The number of amides is 1. The molecule has 5 heteroatoms. The molecular weight excluding hydrogens is 244 g/mol. The Hall–Kier alpha value is -2.17. The first-order valence-corrected chi connectivity index (χ1v) is 6.15. The topological polar surface area (TPSA) is 70.5 Å². The third-order valence-electron chi connectivity index (χ3n) is 3.33. The average Bonchev–Trinajstić information content (AvgIpc) is 2.78. The molecule has 1 aliphatic heterocycles. The van der Waals surface area contributed by atoms with E-state index in [2.05, 4.69) is 11.6 Å². The summed E-state index contributed by atoms with van der Waals surface area (Å²) in [6.07, 6.45) is 5.59. The Morgan fingerprint density at radius 3 is 3.00 bits per heavy atom. The molecule has 0 aliphatic carbocycles. The van der Waals surface area contributed by atoms with Gasteiger partial charge in [-0.2, -0.15) is 0 Å². The van der Waals surface area contributed by atoms with Gasteiger partial charge in [-0.1, -0.05) is 12.1 Å². The minimum atomic E-state index is -0.984. The van der Waals surface area contributed by atoms with E-state index in [1.165, 1.54) is 4.90 Å². The van der Waals surface area contributed by atoms with E-state index in [4.69, 9.17) is 0 Å². The van der Waals surface area contributed by atoms with Gasteiger partial charge in [0.15, 0.2) is 0 Å². The number of hydrogen-bond acceptors (Lipinski definition) is 3. The van der Waals surface area contributed by atoms with Crippen molar-refractivity contribution in [3.05, 3.63) is 42.7 Å². The average molecular weight is 260 g/mol. The second kappa shape index (κ2) is 5.65. The second-order valence-electron chi connectivity index (χ2n) is 4.67. The van der Waals surface area contributed by atoms with Crippen molar-refractivity contribution >= 4 is 11.9 Å². The molecule has 1 saturated heterocycles. The van der Waals surface area contributed by atoms with E-state index in [1.54, 1.807) is 24.5 Å². The van der Waals surface area contributed by atoms with Crippen molar-refractivity contribution in [3.8, 4) is 0 Å². The minimum absolute atomic E-state index is 0.0447. The summed E-state index contributed by atoms with van der Waals surface area (Å²) >= 11 is 0. The van der Waals surface area contributed by atoms with Gasteiger partial charge in [0.05, 0.1) is 0 Å². The van der Waals surface area contributed by atoms with Crippen LogP contribution in [0.4, 0.5) is 0 Å². The smallest absolute Gasteiger partial charge is 0.326 e. The molecule has 1 amide bonds. The highest BCUT2D eigenvalue weighted by Gasteiger charge is 2.36. The van der Waals surface area contributed by atoms with Gasteiger partial charge >= 0.3 is 5.97 Å². The molecule has 1 N–H and O–H groups in total. The van der Waals surface area contributed by atoms with Crippen molar-refractivity contribution in [2.75, 3.05) is 6.54 Å². The Kier molecular flexibility index (Phi) is 3.94. The van der Waals surface area contributed by atoms with Crippen molar-refractivity contribution in [2.45, 2.75) is 18.9 Å². The molecule has 0 spiro atoms. The maximum atomic E-state index is 11.9. The molecule has 100 valence electrons. The summed E-state index contributed by atoms with van der Waals surface area (Å²) in [6, 6.07) is 2.74. The van der Waals surface area contributed by atoms with Gasteiger partial charge in [-0.25, -0.2) is 4.79 Å². The maximum Gasteiger partial charge on any atom is 0.326 e. The molecule has 0 radical (unpaired) electrons. The molecule has 2 unspecified atom stereocenters. The lowest BCUT2D eigenvalue weighted by atomic mass is 10.1. The van der Waals surface area contributed by atoms with Crippen LogP contribution < -0.4 is 0 Å². The lowest BCUT2D eigenvalue weighted by Gasteiger charge is -2.24. The van der Waals surface area contributed by atoms with Crippen LogP contribution >= 0.6 is 0 Å². The zero-order chi connectivity index (χ0) is 13.8. The third-order valence-corrected chi connectivity index (χ3v) is 3.33. The number of pyridine rings is 1. The van der Waals surface area contributed by atoms with Gasteiger partial charge in [0, 0.05) is 37.7 Å². The van der Waals surface area contributed by atoms with Gasteiger partial charge in [0.25, 0.3) is 0 Å². The number of nitrogens with zero attached hydrogens (tertiary/aromatic N) is 2. The summed E-state index contributed by atoms with van der Waals surface area (Å²) in [4.78, 5) is 28.7. The highest BCUT2D eigenvalue weighted by molar-refractivity contribution is 5.85. The van der Waals surface area contributed by atoms with E-state index in [-0.39, 0.29) is 18.2 Å². The zero-order valence-corrected chi connectivity index (χ0v) is 10.5. The van der Waals surface area contributed by atoms with Crippen molar-refractivity contribution in [3.63, 3.8) is 0 Å². The van der Waals surface area contributed by atoms with Gasteiger partial charge in [0.2, 0.25) is 5.91 Å². The van der Waals surface area contributed by atoms with Crippen LogP contribution in [0.1, 0.15) is 12.0 Å². The van der Waals surface area contributed by atoms with E-state index >= 15 is 0 Å². The minimum Gasteiger partial charge on any atom is -0.480 e. The summed E-state index contributed by atoms with van der Waals surface area (Å²) < 4.78 is 0. The number of rotatable bonds is 5. The van der Waals surface area contributed by atoms with Gasteiger partial charge in [-0.05, 0) is 11.6 Å². The fraction of sp³-hybridized carbons (Fsp3) is 0.357. The molecule has 0 aromatic carbocycles. The molecule has 2 atom stereocenters. The van der Waals surface area contributed by atoms with E-state index in [0.717, 1.165) is 5.56 Å². The van der Waals surface area contributed by atoms with Crippen LogP contribution in [0.2, 0.25) is 0 Å². The zero-order valence-electron chi connectivity index (χ0n) is 10.5. The summed E-state index contributed by atoms with van der Waals surface area (Å²) in [7, 11) is 0. The van der Waals surface area contributed by atoms with Crippen LogP contribution in [0.5, 0.6) is 0 Å². The summed E-state index contributed by atoms with van der Waals surface area (Å²) in [5.41, 5.74) is 0.810. The van der Waals surface area contributed by atoms with Gasteiger partial charge < -0.3 is 10.0 Å². The van der Waals surface area contributed by atoms with Crippen LogP contribution in [0, 0.1) is 5.92 Å². The monoisotopic (exact) mass is 260 g/mol. The molecule has 0 saturated carbocycles. The maximum absolute atomic E-state index is 11.9. The molecule has 1 aliphatic rings. The van der Waals surface area contributed by atoms with Crippen molar-refractivity contribution in [1.82, 2.24) is 9.88 Å². The Morgan fingerprint density at radius 2 is 2.47 bits per heavy atom. The summed E-state index contributed by atoms with van der Waals surface area (Å²) in [5.74, 6) is -1.06. The predicted molar refractivity (Wildman–Crippen MR) is 69.4 cm³/mol. The number of aliphatic carboxylic acids is 1. The molecule has 1 aromatic rings. The number of carboxylic acid groups (broad SMARTS) is 1. The normalized spacial score (nSPS) is 20.3. The fourth-order valence-electron chi connectivity index (χ4n) is 2.29. The molecule has 1 fully saturated rings. The van der Waals surface area contributed by atoms with Gasteiger partial charge in [-0.15, -0.1) is 6.58 Å². The van der Waals surface area contributed by atoms with Crippen LogP contribution in [-0.2, 0) is 16.0 Å². The van der Waals surface area contributed by atoms with Crippen LogP contribution in [0.25, 0.3) is 0 Å². The largest absolute Gasteiger partial charge is 0.480 e. The highest BCUT2D eigenvalue weighted by atomic mass is 16.4. The number of carbonyl (C=O) groups excluding carboxylic acids is 1. The first-order valence-electron chi connectivity index (χ1n) is 6.15. The second-order valence-corrected chi connectivity index (χ2v) is 4.67. The molecule has 1 aromatic heterocycles. The first kappa shape index (κ1) is 13.3. The Bertz CT molecular complexity index is 487. The number of hydrogen-bond donors (Lipinski definition) is 1. The van der Waals surface area contributed by atoms with Crippen LogP contribution in [0.3, 0.4) is 0 Å². The molecule has 5 nitrogen and oxygen atoms in total. The number of carbonyl (C=O) groups is 2. The van der Waals surface area contributed by atoms with E-state index in [9.17, 15) is 14.7 Å². The summed E-state index contributed by atoms with van der Waals surface area (Å²) in [6.45, 7) is 4.09. The molecule has 2 heterocycles. The quantitative estimate of drug-likeness (QED) is 0.805. The number of likely N-dealkylation sites (tertiary alicyclic amines) is 1. The number of aromatic nitrogens is 1. The fourth-order valence-corrected chi connectivity index (χ4v) is 2.29. The van der Waals surface area contributed by atoms with Crippen molar-refractivity contribution in [1.29, 1.82) is 0 Å². The van der Waals surface area contributed by atoms with Crippen molar-refractivity contribution < 1.29 is 14.7 Å². The van der Waals surface area contributed by atoms with Crippen LogP contribution in [-0.4, -0.2) is 39.5 Å². The predicted octanol–water partition coefficient (Wildman–Crippen LogP) is 1.11. The van der Waals surface area contributed by atoms with Gasteiger partial charge in [-0.3, -0.25) is 9.78 Å². The third kappa shape index (κ3) is 2.99. The first-order chi connectivity index (χ1) is 9.11. The van der Waals surface area contributed by atoms with Crippen molar-refractivity contribution in [2.24, 2.45) is 5.92 Å². The lowest BCUT2D eigenvalue weighted by molar-refractivity contribution is -0.148. The molecular formula is C14H16N2O3. The number of carboxylic acids is 1.